The van der Waals surface area contributed by atoms with Crippen LogP contribution < -0.4 is 22.3 Å². The fourth-order valence-corrected chi connectivity index (χ4v) is 3.36. The first-order valence-electron chi connectivity index (χ1n) is 9.84. The van der Waals surface area contributed by atoms with Gasteiger partial charge in [0.15, 0.2) is 12.3 Å². The predicted molar refractivity (Wildman–Crippen MR) is 109 cm³/mol. The van der Waals surface area contributed by atoms with Crippen molar-refractivity contribution in [2.75, 3.05) is 0 Å². The van der Waals surface area contributed by atoms with Crippen molar-refractivity contribution in [2.24, 2.45) is 5.73 Å². The number of carbonyl (C=O) groups excluding carboxylic acids is 1. The van der Waals surface area contributed by atoms with Crippen LogP contribution >= 0.6 is 0 Å². The summed E-state index contributed by atoms with van der Waals surface area (Å²) in [7, 11) is 0. The van der Waals surface area contributed by atoms with E-state index in [2.05, 4.69) is 10.3 Å². The van der Waals surface area contributed by atoms with Gasteiger partial charge in [-0.1, -0.05) is 0 Å². The molecule has 0 radical (unpaired) electrons. The van der Waals surface area contributed by atoms with Crippen molar-refractivity contribution in [3.05, 3.63) is 57.1 Å². The first-order valence-corrected chi connectivity index (χ1v) is 9.84. The van der Waals surface area contributed by atoms with Gasteiger partial charge in [-0.05, 0) is 25.0 Å². The van der Waals surface area contributed by atoms with E-state index in [1.807, 2.05) is 4.98 Å². The largest absolute Gasteiger partial charge is 0.506 e. The van der Waals surface area contributed by atoms with Gasteiger partial charge < -0.3 is 36.2 Å². The number of ether oxygens (including phenoxy) is 1. The number of aromatic amines is 1. The van der Waals surface area contributed by atoms with Crippen molar-refractivity contribution in [1.29, 1.82) is 0 Å². The number of carboxylic acid groups (broad SMARTS) is 1. The maximum Gasteiger partial charge on any atom is 0.330 e. The fourth-order valence-electron chi connectivity index (χ4n) is 3.36. The van der Waals surface area contributed by atoms with Crippen LogP contribution in [0.5, 0.6) is 5.75 Å². The molecule has 1 aliphatic rings. The Bertz CT molecular complexity index is 1120. The summed E-state index contributed by atoms with van der Waals surface area (Å²) in [5.74, 6) is -2.44. The molecule has 0 saturated carbocycles. The molecule has 14 nitrogen and oxygen atoms in total. The minimum atomic E-state index is -1.80. The van der Waals surface area contributed by atoms with Crippen LogP contribution in [0.3, 0.4) is 0 Å². The molecule has 6 atom stereocenters. The third-order valence-electron chi connectivity index (χ3n) is 5.15. The Labute approximate surface area is 185 Å². The number of aliphatic hydroxyl groups is 2. The molecule has 0 unspecified atom stereocenters. The quantitative estimate of drug-likeness (QED) is 0.205. The molecule has 1 aliphatic heterocycles. The van der Waals surface area contributed by atoms with Gasteiger partial charge in [-0.25, -0.2) is 9.59 Å². The summed E-state index contributed by atoms with van der Waals surface area (Å²) in [6, 6.07) is 1.01. The number of hydrogen-bond donors (Lipinski definition) is 7. The van der Waals surface area contributed by atoms with E-state index in [9.17, 15) is 39.6 Å². The molecule has 0 spiro atoms. The van der Waals surface area contributed by atoms with E-state index in [0.29, 0.717) is 5.69 Å². The number of aryl methyl sites for hydroxylation is 1. The van der Waals surface area contributed by atoms with E-state index >= 15 is 0 Å². The Hall–Kier alpha value is -3.59. The highest BCUT2D eigenvalue weighted by Gasteiger charge is 2.50. The van der Waals surface area contributed by atoms with Crippen LogP contribution in [0, 0.1) is 0 Å². The molecule has 178 valence electrons. The van der Waals surface area contributed by atoms with Crippen LogP contribution in [0.1, 0.15) is 18.3 Å². The van der Waals surface area contributed by atoms with Gasteiger partial charge in [0.05, 0.1) is 12.2 Å². The van der Waals surface area contributed by atoms with Crippen molar-refractivity contribution in [3.8, 4) is 5.75 Å². The Kier molecular flexibility index (Phi) is 7.23. The highest BCUT2D eigenvalue weighted by Crippen LogP contribution is 2.30. The Balaban J connectivity index is 1.69. The number of H-pyrrole nitrogens is 1. The van der Waals surface area contributed by atoms with E-state index in [4.69, 9.17) is 10.5 Å². The normalized spacial score (nSPS) is 24.2. The summed E-state index contributed by atoms with van der Waals surface area (Å²) in [5.41, 5.74) is 4.75. The lowest BCUT2D eigenvalue weighted by atomic mass is 10.0. The minimum Gasteiger partial charge on any atom is -0.506 e. The number of carboxylic acids is 1. The monoisotopic (exact) mass is 465 g/mol. The van der Waals surface area contributed by atoms with Crippen LogP contribution in [-0.2, 0) is 20.7 Å². The number of aliphatic carboxylic acids is 1. The van der Waals surface area contributed by atoms with E-state index in [0.717, 1.165) is 16.8 Å². The Morgan fingerprint density at radius 2 is 1.97 bits per heavy atom. The van der Waals surface area contributed by atoms with Gasteiger partial charge >= 0.3 is 11.7 Å². The molecule has 3 rings (SSSR count). The zero-order chi connectivity index (χ0) is 24.3. The van der Waals surface area contributed by atoms with E-state index < -0.39 is 59.7 Å². The van der Waals surface area contributed by atoms with Gasteiger partial charge in [0.25, 0.3) is 5.56 Å². The van der Waals surface area contributed by atoms with Gasteiger partial charge in [-0.3, -0.25) is 24.1 Å². The van der Waals surface area contributed by atoms with Gasteiger partial charge in [0.2, 0.25) is 5.91 Å². The lowest BCUT2D eigenvalue weighted by Gasteiger charge is -2.24. The Morgan fingerprint density at radius 1 is 1.24 bits per heavy atom. The molecule has 2 aromatic rings. The maximum atomic E-state index is 12.5. The lowest BCUT2D eigenvalue weighted by Crippen LogP contribution is -2.56. The van der Waals surface area contributed by atoms with Crippen LogP contribution in [-0.4, -0.2) is 77.2 Å². The fraction of sp³-hybridized carbons (Fsp3) is 0.421. The molecule has 2 aromatic heterocycles. The first-order chi connectivity index (χ1) is 15.6. The van der Waals surface area contributed by atoms with Crippen molar-refractivity contribution in [3.63, 3.8) is 0 Å². The van der Waals surface area contributed by atoms with Crippen LogP contribution in [0.25, 0.3) is 0 Å². The van der Waals surface area contributed by atoms with Crippen molar-refractivity contribution in [2.45, 2.75) is 49.5 Å². The molecule has 33 heavy (non-hydrogen) atoms. The smallest absolute Gasteiger partial charge is 0.330 e. The minimum absolute atomic E-state index is 0.0233. The van der Waals surface area contributed by atoms with Gasteiger partial charge in [-0.15, -0.1) is 0 Å². The zero-order valence-corrected chi connectivity index (χ0v) is 17.1. The highest BCUT2D eigenvalue weighted by atomic mass is 16.6. The SMILES string of the molecule is N[C@@H](CCc1ccc(O)cn1)C(=O)N[C@H](C(=O)O)[C@H]1O[C@@H](n2ccc(=O)[nH]c2=O)[C@H](O)[C@@H]1O. The number of aromatic hydroxyl groups is 1. The molecule has 8 N–H and O–H groups in total. The number of carbonyl (C=O) groups is 2. The molecule has 0 aliphatic carbocycles. The summed E-state index contributed by atoms with van der Waals surface area (Å²) in [6.45, 7) is 0. The number of amides is 1. The van der Waals surface area contributed by atoms with Crippen LogP contribution in [0.4, 0.5) is 0 Å². The summed E-state index contributed by atoms with van der Waals surface area (Å²) in [6.07, 6.45) is -4.04. The summed E-state index contributed by atoms with van der Waals surface area (Å²) in [5, 5.41) is 41.6. The first kappa shape index (κ1) is 24.1. The number of nitrogens with two attached hydrogens (primary N) is 1. The second kappa shape index (κ2) is 9.91. The van der Waals surface area contributed by atoms with Crippen molar-refractivity contribution >= 4 is 11.9 Å². The Morgan fingerprint density at radius 3 is 2.58 bits per heavy atom. The third kappa shape index (κ3) is 5.43. The number of aliphatic hydroxyl groups excluding tert-OH is 2. The average molecular weight is 465 g/mol. The molecule has 1 saturated heterocycles. The second-order valence-corrected chi connectivity index (χ2v) is 7.47. The van der Waals surface area contributed by atoms with E-state index in [1.165, 1.54) is 12.3 Å². The van der Waals surface area contributed by atoms with Gasteiger partial charge in [-0.2, -0.15) is 0 Å². The molecular weight excluding hydrogens is 442 g/mol. The standard InChI is InChI=1S/C19H23N5O9/c20-10(4-2-8-1-3-9(25)7-21-8)16(29)23-12(18(30)31)15-13(27)14(28)17(33-15)24-6-5-11(26)22-19(24)32/h1,3,5-7,10,12-15,17,25,27-28H,2,4,20H2,(H,23,29)(H,30,31)(H,22,26,32)/t10-,12-,13-,14+,15+,17+/m0/s1. The lowest BCUT2D eigenvalue weighted by molar-refractivity contribution is -0.149. The molecule has 3 heterocycles. The summed E-state index contributed by atoms with van der Waals surface area (Å²) >= 11 is 0. The molecular formula is C19H23N5O9. The molecule has 1 amide bonds. The number of rotatable bonds is 8. The van der Waals surface area contributed by atoms with Crippen LogP contribution in [0.2, 0.25) is 0 Å². The second-order valence-electron chi connectivity index (χ2n) is 7.47. The molecule has 0 bridgehead atoms. The number of pyridine rings is 1. The van der Waals surface area contributed by atoms with Gasteiger partial charge in [0.1, 0.15) is 24.1 Å². The summed E-state index contributed by atoms with van der Waals surface area (Å²) < 4.78 is 6.19. The maximum absolute atomic E-state index is 12.5. The van der Waals surface area contributed by atoms with Gasteiger partial charge in [0, 0.05) is 18.0 Å². The third-order valence-corrected chi connectivity index (χ3v) is 5.15. The van der Waals surface area contributed by atoms with E-state index in [1.54, 1.807) is 6.07 Å². The van der Waals surface area contributed by atoms with Crippen LogP contribution in [0.15, 0.2) is 40.2 Å². The molecule has 0 aromatic carbocycles. The van der Waals surface area contributed by atoms with Crippen molar-refractivity contribution < 1.29 is 34.8 Å². The number of nitrogens with zero attached hydrogens (tertiary/aromatic N) is 2. The zero-order valence-electron chi connectivity index (χ0n) is 17.1. The van der Waals surface area contributed by atoms with Crippen molar-refractivity contribution in [1.82, 2.24) is 19.9 Å². The topological polar surface area (TPSA) is 230 Å². The average Bonchev–Trinajstić information content (AvgIpc) is 3.05. The predicted octanol–water partition coefficient (Wildman–Crippen LogP) is -3.21. The number of aromatic nitrogens is 3. The number of nitrogens with one attached hydrogen (secondary N) is 2. The molecule has 14 heteroatoms. The highest BCUT2D eigenvalue weighted by molar-refractivity contribution is 5.87. The molecule has 1 fully saturated rings. The summed E-state index contributed by atoms with van der Waals surface area (Å²) in [4.78, 5) is 53.4. The number of hydrogen-bond acceptors (Lipinski definition) is 10. The van der Waals surface area contributed by atoms with E-state index in [-0.39, 0.29) is 18.6 Å².